The molecule has 1 fully saturated rings. The third-order valence-electron chi connectivity index (χ3n) is 4.04. The van der Waals surface area contributed by atoms with E-state index in [1.165, 1.54) is 19.3 Å². The van der Waals surface area contributed by atoms with Gasteiger partial charge in [-0.15, -0.1) is 0 Å². The Kier molecular flexibility index (Phi) is 6.82. The van der Waals surface area contributed by atoms with E-state index in [1.807, 2.05) is 6.92 Å². The molecule has 0 bridgehead atoms. The Morgan fingerprint density at radius 2 is 1.90 bits per heavy atom. The average Bonchev–Trinajstić information content (AvgIpc) is 2.21. The fraction of sp³-hybridized carbons (Fsp3) is 0.867. The van der Waals surface area contributed by atoms with Crippen LogP contribution in [-0.2, 0) is 4.79 Å². The van der Waals surface area contributed by atoms with Crippen LogP contribution in [0.1, 0.15) is 52.9 Å². The Morgan fingerprint density at radius 3 is 2.35 bits per heavy atom. The van der Waals surface area contributed by atoms with Crippen molar-refractivity contribution in [3.8, 4) is 0 Å². The summed E-state index contributed by atoms with van der Waals surface area (Å²) in [7, 11) is 0. The molecule has 1 saturated carbocycles. The second-order valence-corrected chi connectivity index (χ2v) is 6.43. The molecule has 0 saturated heterocycles. The number of carboxylic acids is 1. The van der Waals surface area contributed by atoms with Gasteiger partial charge >= 0.3 is 12.0 Å². The first-order valence-electron chi connectivity index (χ1n) is 7.64. The molecule has 1 rings (SSSR count). The Labute approximate surface area is 121 Å². The van der Waals surface area contributed by atoms with Crippen molar-refractivity contribution in [1.29, 1.82) is 0 Å². The van der Waals surface area contributed by atoms with Crippen molar-refractivity contribution >= 4 is 12.0 Å². The smallest absolute Gasteiger partial charge is 0.315 e. The molecule has 0 aromatic carbocycles. The van der Waals surface area contributed by atoms with Gasteiger partial charge in [-0.1, -0.05) is 20.3 Å². The van der Waals surface area contributed by atoms with Crippen LogP contribution in [-0.4, -0.2) is 29.7 Å². The molecule has 1 aliphatic rings. The molecule has 5 nitrogen and oxygen atoms in total. The summed E-state index contributed by atoms with van der Waals surface area (Å²) in [5.41, 5.74) is 0. The van der Waals surface area contributed by atoms with Gasteiger partial charge in [-0.3, -0.25) is 4.79 Å². The largest absolute Gasteiger partial charge is 0.481 e. The third-order valence-corrected chi connectivity index (χ3v) is 4.04. The van der Waals surface area contributed by atoms with Crippen LogP contribution < -0.4 is 10.6 Å². The van der Waals surface area contributed by atoms with Gasteiger partial charge in [-0.25, -0.2) is 4.79 Å². The van der Waals surface area contributed by atoms with Crippen LogP contribution in [0.5, 0.6) is 0 Å². The van der Waals surface area contributed by atoms with Crippen LogP contribution in [0.2, 0.25) is 0 Å². The predicted molar refractivity (Wildman–Crippen MR) is 78.5 cm³/mol. The minimum absolute atomic E-state index is 0.00254. The summed E-state index contributed by atoms with van der Waals surface area (Å²) < 4.78 is 0. The summed E-state index contributed by atoms with van der Waals surface area (Å²) >= 11 is 0. The molecule has 0 aromatic rings. The quantitative estimate of drug-likeness (QED) is 0.641. The second-order valence-electron chi connectivity index (χ2n) is 6.43. The van der Waals surface area contributed by atoms with Gasteiger partial charge in [0.2, 0.25) is 0 Å². The zero-order chi connectivity index (χ0) is 15.1. The lowest BCUT2D eigenvalue weighted by Crippen LogP contribution is -2.46. The lowest BCUT2D eigenvalue weighted by molar-refractivity contribution is -0.138. The lowest BCUT2D eigenvalue weighted by atomic mass is 9.80. The maximum absolute atomic E-state index is 11.8. The highest BCUT2D eigenvalue weighted by atomic mass is 16.4. The number of amides is 2. The van der Waals surface area contributed by atoms with E-state index in [-0.39, 0.29) is 24.4 Å². The highest BCUT2D eigenvalue weighted by molar-refractivity contribution is 5.74. The fourth-order valence-corrected chi connectivity index (χ4v) is 2.70. The fourth-order valence-electron chi connectivity index (χ4n) is 2.70. The van der Waals surface area contributed by atoms with Crippen molar-refractivity contribution in [2.45, 2.75) is 58.9 Å². The Balaban J connectivity index is 2.29. The third kappa shape index (κ3) is 6.26. The Hall–Kier alpha value is -1.26. The molecule has 2 atom stereocenters. The predicted octanol–water partition coefficient (Wildman–Crippen LogP) is 2.61. The number of hydrogen-bond donors (Lipinski definition) is 3. The summed E-state index contributed by atoms with van der Waals surface area (Å²) in [6.07, 6.45) is 4.56. The van der Waals surface area contributed by atoms with Crippen LogP contribution in [0.15, 0.2) is 0 Å². The van der Waals surface area contributed by atoms with E-state index < -0.39 is 5.97 Å². The zero-order valence-electron chi connectivity index (χ0n) is 12.8. The molecule has 0 heterocycles. The number of urea groups is 1. The van der Waals surface area contributed by atoms with Gasteiger partial charge in [-0.05, 0) is 43.9 Å². The van der Waals surface area contributed by atoms with Crippen molar-refractivity contribution in [1.82, 2.24) is 10.6 Å². The Bertz CT molecular complexity index is 327. The van der Waals surface area contributed by atoms with E-state index in [9.17, 15) is 9.59 Å². The molecule has 0 aliphatic heterocycles. The van der Waals surface area contributed by atoms with Crippen molar-refractivity contribution in [2.75, 3.05) is 6.54 Å². The molecular weight excluding hydrogens is 256 g/mol. The highest BCUT2D eigenvalue weighted by Crippen LogP contribution is 2.29. The van der Waals surface area contributed by atoms with Crippen LogP contribution >= 0.6 is 0 Å². The molecule has 0 aromatic heterocycles. The van der Waals surface area contributed by atoms with E-state index in [4.69, 9.17) is 5.11 Å². The number of rotatable bonds is 8. The first kappa shape index (κ1) is 16.8. The normalized spacial score (nSPS) is 18.2. The molecule has 2 unspecified atom stereocenters. The van der Waals surface area contributed by atoms with E-state index in [1.54, 1.807) is 0 Å². The van der Waals surface area contributed by atoms with Crippen LogP contribution in [0, 0.1) is 17.8 Å². The van der Waals surface area contributed by atoms with Crippen LogP contribution in [0.4, 0.5) is 4.79 Å². The molecular formula is C15H28N2O3. The Morgan fingerprint density at radius 1 is 1.25 bits per heavy atom. The molecule has 20 heavy (non-hydrogen) atoms. The molecule has 2 amide bonds. The first-order chi connectivity index (χ1) is 9.38. The lowest BCUT2D eigenvalue weighted by Gasteiger charge is -2.32. The van der Waals surface area contributed by atoms with Gasteiger partial charge in [0.05, 0.1) is 0 Å². The van der Waals surface area contributed by atoms with Crippen LogP contribution in [0.25, 0.3) is 0 Å². The molecule has 116 valence electrons. The van der Waals surface area contributed by atoms with E-state index in [2.05, 4.69) is 24.5 Å². The van der Waals surface area contributed by atoms with Crippen molar-refractivity contribution in [3.63, 3.8) is 0 Å². The summed E-state index contributed by atoms with van der Waals surface area (Å²) in [6, 6.07) is 0.0234. The number of carboxylic acid groups (broad SMARTS) is 1. The second kappa shape index (κ2) is 8.12. The number of aliphatic carboxylic acids is 1. The minimum atomic E-state index is -0.805. The zero-order valence-corrected chi connectivity index (χ0v) is 12.8. The topological polar surface area (TPSA) is 78.4 Å². The molecule has 0 radical (unpaired) electrons. The van der Waals surface area contributed by atoms with Gasteiger partial charge in [0, 0.05) is 19.0 Å². The molecule has 5 heteroatoms. The maximum Gasteiger partial charge on any atom is 0.315 e. The highest BCUT2D eigenvalue weighted by Gasteiger charge is 2.25. The number of nitrogens with one attached hydrogen (secondary N) is 2. The number of carbonyl (C=O) groups is 2. The summed E-state index contributed by atoms with van der Waals surface area (Å²) in [5, 5.41) is 14.7. The van der Waals surface area contributed by atoms with Crippen molar-refractivity contribution in [2.24, 2.45) is 17.8 Å². The van der Waals surface area contributed by atoms with Gasteiger partial charge in [0.25, 0.3) is 0 Å². The minimum Gasteiger partial charge on any atom is -0.481 e. The van der Waals surface area contributed by atoms with Gasteiger partial charge in [-0.2, -0.15) is 0 Å². The summed E-state index contributed by atoms with van der Waals surface area (Å²) in [4.78, 5) is 22.6. The summed E-state index contributed by atoms with van der Waals surface area (Å²) in [6.45, 7) is 6.58. The van der Waals surface area contributed by atoms with Gasteiger partial charge in [0.1, 0.15) is 0 Å². The average molecular weight is 284 g/mol. The van der Waals surface area contributed by atoms with Crippen molar-refractivity contribution < 1.29 is 14.7 Å². The van der Waals surface area contributed by atoms with E-state index >= 15 is 0 Å². The van der Waals surface area contributed by atoms with Crippen molar-refractivity contribution in [3.05, 3.63) is 0 Å². The number of hydrogen-bond acceptors (Lipinski definition) is 2. The first-order valence-corrected chi connectivity index (χ1v) is 7.64. The summed E-state index contributed by atoms with van der Waals surface area (Å²) in [5.74, 6) is 0.224. The molecule has 3 N–H and O–H groups in total. The monoisotopic (exact) mass is 284 g/mol. The standard InChI is InChI=1S/C15H28N2O3/c1-10(2)7-12(8-14(18)19)9-16-15(20)17-11(3)13-5-4-6-13/h10-13H,4-9H2,1-3H3,(H,18,19)(H2,16,17,20). The van der Waals surface area contributed by atoms with Crippen LogP contribution in [0.3, 0.4) is 0 Å². The van der Waals surface area contributed by atoms with E-state index in [0.29, 0.717) is 18.4 Å². The molecule has 0 spiro atoms. The van der Waals surface area contributed by atoms with Gasteiger partial charge < -0.3 is 15.7 Å². The number of carbonyl (C=O) groups excluding carboxylic acids is 1. The maximum atomic E-state index is 11.8. The van der Waals surface area contributed by atoms with Gasteiger partial charge in [0.15, 0.2) is 0 Å². The molecule has 1 aliphatic carbocycles. The SMILES string of the molecule is CC(C)CC(CNC(=O)NC(C)C1CCC1)CC(=O)O. The van der Waals surface area contributed by atoms with E-state index in [0.717, 1.165) is 6.42 Å².